The highest BCUT2D eigenvalue weighted by Gasteiger charge is 2.38. The van der Waals surface area contributed by atoms with Gasteiger partial charge in [-0.25, -0.2) is 18.2 Å². The van der Waals surface area contributed by atoms with Gasteiger partial charge in [0.25, 0.3) is 15.9 Å². The summed E-state index contributed by atoms with van der Waals surface area (Å²) < 4.78 is 96.5. The molecule has 1 heterocycles. The van der Waals surface area contributed by atoms with Crippen molar-refractivity contribution in [2.24, 2.45) is 0 Å². The number of amides is 1. The predicted octanol–water partition coefficient (Wildman–Crippen LogP) is 4.79. The van der Waals surface area contributed by atoms with Crippen molar-refractivity contribution in [2.45, 2.75) is 17.2 Å². The number of carboxylic acids is 1. The lowest BCUT2D eigenvalue weighted by Gasteiger charge is -2.10. The number of alkyl halides is 6. The number of aromatic nitrogens is 1. The van der Waals surface area contributed by atoms with Crippen molar-refractivity contribution in [3.63, 3.8) is 0 Å². The fourth-order valence-electron chi connectivity index (χ4n) is 2.35. The second kappa shape index (κ2) is 11.1. The number of carbonyl (C=O) groups excluding carboxylic acids is 1. The van der Waals surface area contributed by atoms with Gasteiger partial charge in [-0.1, -0.05) is 6.07 Å². The number of nitrogens with zero attached hydrogens (tertiary/aromatic N) is 1. The molecule has 0 saturated carbocycles. The molecule has 8 nitrogen and oxygen atoms in total. The summed E-state index contributed by atoms with van der Waals surface area (Å²) in [7, 11) is -3.86. The Morgan fingerprint density at radius 3 is 1.83 bits per heavy atom. The summed E-state index contributed by atoms with van der Waals surface area (Å²) >= 11 is 0. The molecule has 2 aromatic carbocycles. The van der Waals surface area contributed by atoms with Crippen LogP contribution < -0.4 is 10.0 Å². The molecule has 192 valence electrons. The number of sulfonamides is 1. The number of hydrogen-bond donors (Lipinski definition) is 3. The maximum Gasteiger partial charge on any atom is 0.490 e. The van der Waals surface area contributed by atoms with Gasteiger partial charge in [-0.2, -0.15) is 26.3 Å². The van der Waals surface area contributed by atoms with E-state index < -0.39 is 39.8 Å². The Morgan fingerprint density at radius 1 is 0.833 bits per heavy atom. The largest absolute Gasteiger partial charge is 0.490 e. The van der Waals surface area contributed by atoms with Crippen molar-refractivity contribution in [3.05, 3.63) is 84.1 Å². The Bertz CT molecular complexity index is 1300. The third-order valence-electron chi connectivity index (χ3n) is 4.04. The van der Waals surface area contributed by atoms with Gasteiger partial charge in [-0.15, -0.1) is 0 Å². The molecular weight excluding hydrogens is 520 g/mol. The lowest BCUT2D eigenvalue weighted by Crippen LogP contribution is -2.21. The summed E-state index contributed by atoms with van der Waals surface area (Å²) in [6.07, 6.45) is -8.13. The van der Waals surface area contributed by atoms with Gasteiger partial charge < -0.3 is 10.4 Å². The van der Waals surface area contributed by atoms with E-state index in [1.807, 2.05) is 0 Å². The minimum absolute atomic E-state index is 0.0338. The molecule has 3 rings (SSSR count). The van der Waals surface area contributed by atoms with E-state index in [2.05, 4.69) is 15.0 Å². The number of aliphatic carboxylic acids is 1. The number of halogens is 6. The standard InChI is InChI=1S/C19H14F3N3O3S.C2HF3O2/c20-19(21,22)14-6-4-13(5-7-14)18(26)24-15-8-10-16(11-9-15)29(27,28)25-17-3-1-2-12-23-17;3-2(4,5)1(6)7/h1-12H,(H,23,25)(H,24,26);(H,6,7). The maximum atomic E-state index is 12.6. The molecule has 0 fully saturated rings. The molecule has 0 aliphatic rings. The van der Waals surface area contributed by atoms with Gasteiger partial charge in [-0.3, -0.25) is 9.52 Å². The fraction of sp³-hybridized carbons (Fsp3) is 0.0952. The van der Waals surface area contributed by atoms with E-state index in [1.165, 1.54) is 36.5 Å². The number of nitrogens with one attached hydrogen (secondary N) is 2. The molecule has 0 atom stereocenters. The predicted molar refractivity (Wildman–Crippen MR) is 115 cm³/mol. The molecule has 0 saturated heterocycles. The monoisotopic (exact) mass is 535 g/mol. The molecule has 3 aromatic rings. The summed E-state index contributed by atoms with van der Waals surface area (Å²) in [5.74, 6) is -3.22. The highest BCUT2D eigenvalue weighted by Crippen LogP contribution is 2.29. The number of carbonyl (C=O) groups is 2. The zero-order valence-electron chi connectivity index (χ0n) is 17.6. The van der Waals surface area contributed by atoms with Crippen LogP contribution in [0.3, 0.4) is 0 Å². The van der Waals surface area contributed by atoms with Crippen molar-refractivity contribution in [2.75, 3.05) is 10.0 Å². The van der Waals surface area contributed by atoms with E-state index >= 15 is 0 Å². The van der Waals surface area contributed by atoms with Crippen molar-refractivity contribution in [1.82, 2.24) is 4.98 Å². The van der Waals surface area contributed by atoms with Gasteiger partial charge in [0.2, 0.25) is 0 Å². The first kappa shape index (κ1) is 28.1. The number of carboxylic acid groups (broad SMARTS) is 1. The number of pyridine rings is 1. The second-order valence-corrected chi connectivity index (χ2v) is 8.36. The quantitative estimate of drug-likeness (QED) is 0.404. The molecule has 0 aliphatic carbocycles. The first-order valence-corrected chi connectivity index (χ1v) is 10.9. The Balaban J connectivity index is 0.000000572. The van der Waals surface area contributed by atoms with Crippen molar-refractivity contribution in [3.8, 4) is 0 Å². The van der Waals surface area contributed by atoms with Gasteiger partial charge in [0.05, 0.1) is 10.5 Å². The van der Waals surface area contributed by atoms with Gasteiger partial charge in [0.15, 0.2) is 0 Å². The molecule has 0 aliphatic heterocycles. The van der Waals surface area contributed by atoms with Crippen LogP contribution in [-0.4, -0.2) is 36.6 Å². The van der Waals surface area contributed by atoms with E-state index in [-0.39, 0.29) is 22.0 Å². The number of hydrogen-bond acceptors (Lipinski definition) is 5. The highest BCUT2D eigenvalue weighted by molar-refractivity contribution is 7.92. The minimum Gasteiger partial charge on any atom is -0.475 e. The number of rotatable bonds is 5. The van der Waals surface area contributed by atoms with Gasteiger partial charge in [-0.05, 0) is 60.7 Å². The van der Waals surface area contributed by atoms with Crippen LogP contribution in [0, 0.1) is 0 Å². The van der Waals surface area contributed by atoms with Gasteiger partial charge >= 0.3 is 18.3 Å². The average molecular weight is 535 g/mol. The molecule has 0 radical (unpaired) electrons. The Kier molecular flexibility index (Phi) is 8.64. The smallest absolute Gasteiger partial charge is 0.475 e. The van der Waals surface area contributed by atoms with E-state index in [0.717, 1.165) is 24.3 Å². The molecule has 1 amide bonds. The van der Waals surface area contributed by atoms with Crippen LogP contribution in [0.4, 0.5) is 37.8 Å². The molecule has 0 unspecified atom stereocenters. The summed E-state index contributed by atoms with van der Waals surface area (Å²) in [6.45, 7) is 0. The van der Waals surface area contributed by atoms with E-state index in [4.69, 9.17) is 9.90 Å². The molecule has 1 aromatic heterocycles. The average Bonchev–Trinajstić information content (AvgIpc) is 2.79. The second-order valence-electron chi connectivity index (χ2n) is 6.68. The minimum atomic E-state index is -5.08. The summed E-state index contributed by atoms with van der Waals surface area (Å²) in [5.41, 5.74) is -0.540. The molecule has 15 heteroatoms. The first-order valence-electron chi connectivity index (χ1n) is 9.42. The van der Waals surface area contributed by atoms with Crippen LogP contribution in [0.2, 0.25) is 0 Å². The van der Waals surface area contributed by atoms with E-state index in [9.17, 15) is 39.6 Å². The lowest BCUT2D eigenvalue weighted by molar-refractivity contribution is -0.192. The van der Waals surface area contributed by atoms with Crippen LogP contribution in [0.25, 0.3) is 0 Å². The maximum absolute atomic E-state index is 12.6. The number of anilines is 2. The Morgan fingerprint density at radius 2 is 1.39 bits per heavy atom. The first-order chi connectivity index (χ1) is 16.6. The lowest BCUT2D eigenvalue weighted by atomic mass is 10.1. The molecule has 3 N–H and O–H groups in total. The van der Waals surface area contributed by atoms with Crippen LogP contribution >= 0.6 is 0 Å². The van der Waals surface area contributed by atoms with Crippen LogP contribution in [0.15, 0.2) is 77.8 Å². The van der Waals surface area contributed by atoms with Crippen molar-refractivity contribution >= 4 is 33.4 Å². The Labute approximate surface area is 199 Å². The zero-order chi connectivity index (χ0) is 27.1. The van der Waals surface area contributed by atoms with Crippen LogP contribution in [0.1, 0.15) is 15.9 Å². The summed E-state index contributed by atoms with van der Waals surface area (Å²) in [4.78, 5) is 24.9. The van der Waals surface area contributed by atoms with Crippen molar-refractivity contribution < 1.29 is 49.5 Å². The highest BCUT2D eigenvalue weighted by atomic mass is 32.2. The molecule has 36 heavy (non-hydrogen) atoms. The normalized spacial score (nSPS) is 11.6. The van der Waals surface area contributed by atoms with Crippen LogP contribution in [-0.2, 0) is 21.0 Å². The van der Waals surface area contributed by atoms with E-state index in [0.29, 0.717) is 0 Å². The summed E-state index contributed by atoms with van der Waals surface area (Å²) in [5, 5.41) is 9.62. The summed E-state index contributed by atoms with van der Waals surface area (Å²) in [6, 6.07) is 13.8. The number of benzene rings is 2. The third kappa shape index (κ3) is 8.26. The Hall–Kier alpha value is -4.14. The fourth-order valence-corrected chi connectivity index (χ4v) is 3.36. The zero-order valence-corrected chi connectivity index (χ0v) is 18.4. The van der Waals surface area contributed by atoms with Crippen molar-refractivity contribution in [1.29, 1.82) is 0 Å². The molecule has 0 bridgehead atoms. The molecular formula is C21H15F6N3O5S. The molecule has 0 spiro atoms. The topological polar surface area (TPSA) is 125 Å². The third-order valence-corrected chi connectivity index (χ3v) is 5.41. The van der Waals surface area contributed by atoms with Gasteiger partial charge in [0.1, 0.15) is 5.82 Å². The SMILES string of the molecule is O=C(Nc1ccc(S(=O)(=O)Nc2ccccn2)cc1)c1ccc(C(F)(F)F)cc1.O=C(O)C(F)(F)F. The van der Waals surface area contributed by atoms with E-state index in [1.54, 1.807) is 12.1 Å². The van der Waals surface area contributed by atoms with Crippen LogP contribution in [0.5, 0.6) is 0 Å². The van der Waals surface area contributed by atoms with Gasteiger partial charge in [0, 0.05) is 17.4 Å².